The summed E-state index contributed by atoms with van der Waals surface area (Å²) < 4.78 is 26.1. The molecule has 0 heterocycles. The Kier molecular flexibility index (Phi) is 3.80. The number of aliphatic hydroxyl groups excluding tert-OH is 1. The van der Waals surface area contributed by atoms with E-state index in [1.54, 1.807) is 7.05 Å². The van der Waals surface area contributed by atoms with Crippen LogP contribution in [0.25, 0.3) is 0 Å². The monoisotopic (exact) mass is 221 g/mol. The van der Waals surface area contributed by atoms with Crippen molar-refractivity contribution in [2.45, 2.75) is 6.10 Å². The van der Waals surface area contributed by atoms with Crippen molar-refractivity contribution in [2.24, 2.45) is 0 Å². The van der Waals surface area contributed by atoms with Gasteiger partial charge in [0.05, 0.1) is 11.1 Å². The number of likely N-dealkylation sites (N-methyl/N-ethyl adjacent to an activating group) is 1. The summed E-state index contributed by atoms with van der Waals surface area (Å²) >= 11 is 5.36. The molecule has 0 amide bonds. The van der Waals surface area contributed by atoms with Crippen LogP contribution in [-0.2, 0) is 0 Å². The molecule has 78 valence electrons. The second-order valence-corrected chi connectivity index (χ2v) is 3.27. The Labute approximate surface area is 85.5 Å². The van der Waals surface area contributed by atoms with Crippen molar-refractivity contribution in [3.63, 3.8) is 0 Å². The summed E-state index contributed by atoms with van der Waals surface area (Å²) in [6, 6.07) is 1.75. The van der Waals surface area contributed by atoms with Crippen molar-refractivity contribution in [2.75, 3.05) is 13.6 Å². The lowest BCUT2D eigenvalue weighted by Gasteiger charge is -2.11. The van der Waals surface area contributed by atoms with E-state index in [9.17, 15) is 13.9 Å². The van der Waals surface area contributed by atoms with E-state index in [0.29, 0.717) is 0 Å². The maximum Gasteiger partial charge on any atom is 0.142 e. The van der Waals surface area contributed by atoms with Gasteiger partial charge in [-0.05, 0) is 19.2 Å². The molecule has 0 radical (unpaired) electrons. The van der Waals surface area contributed by atoms with Crippen LogP contribution in [0.4, 0.5) is 8.78 Å². The average molecular weight is 222 g/mol. The normalized spacial score (nSPS) is 12.9. The molecule has 2 N–H and O–H groups in total. The molecule has 1 atom stereocenters. The molecule has 2 nitrogen and oxygen atoms in total. The lowest BCUT2D eigenvalue weighted by molar-refractivity contribution is 0.172. The highest BCUT2D eigenvalue weighted by atomic mass is 35.5. The zero-order valence-corrected chi connectivity index (χ0v) is 8.28. The Hall–Kier alpha value is -0.710. The van der Waals surface area contributed by atoms with E-state index in [4.69, 9.17) is 11.6 Å². The molecule has 14 heavy (non-hydrogen) atoms. The van der Waals surface area contributed by atoms with Gasteiger partial charge in [0.15, 0.2) is 0 Å². The second kappa shape index (κ2) is 4.68. The van der Waals surface area contributed by atoms with E-state index < -0.39 is 17.7 Å². The van der Waals surface area contributed by atoms with E-state index in [0.717, 1.165) is 12.1 Å². The van der Waals surface area contributed by atoms with Crippen LogP contribution in [0.2, 0.25) is 5.02 Å². The zero-order valence-electron chi connectivity index (χ0n) is 7.52. The van der Waals surface area contributed by atoms with Gasteiger partial charge in [-0.3, -0.25) is 0 Å². The summed E-state index contributed by atoms with van der Waals surface area (Å²) in [6.07, 6.45) is -1.08. The summed E-state index contributed by atoms with van der Waals surface area (Å²) in [6.45, 7) is 0.151. The van der Waals surface area contributed by atoms with Crippen LogP contribution >= 0.6 is 11.6 Å². The highest BCUT2D eigenvalue weighted by Gasteiger charge is 2.15. The summed E-state index contributed by atoms with van der Waals surface area (Å²) in [5.41, 5.74) is -0.0961. The molecule has 0 bridgehead atoms. The van der Waals surface area contributed by atoms with E-state index in [1.807, 2.05) is 0 Å². The van der Waals surface area contributed by atoms with Crippen LogP contribution in [0.3, 0.4) is 0 Å². The van der Waals surface area contributed by atoms with E-state index in [2.05, 4.69) is 5.32 Å². The van der Waals surface area contributed by atoms with Crippen molar-refractivity contribution < 1.29 is 13.9 Å². The summed E-state index contributed by atoms with van der Waals surface area (Å²) in [5, 5.41) is 11.8. The molecule has 5 heteroatoms. The van der Waals surface area contributed by atoms with Gasteiger partial charge in [-0.1, -0.05) is 11.6 Å². The number of nitrogens with one attached hydrogen (secondary N) is 1. The minimum absolute atomic E-state index is 0.0961. The molecule has 0 aliphatic heterocycles. The molecule has 0 aromatic heterocycles. The first-order valence-electron chi connectivity index (χ1n) is 4.03. The Balaban J connectivity index is 3.02. The number of hydrogen-bond donors (Lipinski definition) is 2. The SMILES string of the molecule is CNCC(O)c1cc(F)c(Cl)cc1F. The van der Waals surface area contributed by atoms with Crippen LogP contribution in [0.5, 0.6) is 0 Å². The largest absolute Gasteiger partial charge is 0.387 e. The van der Waals surface area contributed by atoms with Crippen molar-refractivity contribution in [3.8, 4) is 0 Å². The van der Waals surface area contributed by atoms with Gasteiger partial charge in [-0.2, -0.15) is 0 Å². The fourth-order valence-corrected chi connectivity index (χ4v) is 1.25. The number of benzene rings is 1. The number of halogens is 3. The first-order chi connectivity index (χ1) is 6.56. The molecule has 1 aromatic carbocycles. The Morgan fingerprint density at radius 3 is 2.64 bits per heavy atom. The predicted octanol–water partition coefficient (Wildman–Crippen LogP) is 1.87. The lowest BCUT2D eigenvalue weighted by atomic mass is 10.1. The molecular formula is C9H10ClF2NO. The van der Waals surface area contributed by atoms with E-state index >= 15 is 0 Å². The van der Waals surface area contributed by atoms with Gasteiger partial charge in [0, 0.05) is 12.1 Å². The Bertz CT molecular complexity index is 333. The molecule has 0 saturated heterocycles. The first-order valence-corrected chi connectivity index (χ1v) is 4.41. The molecule has 0 spiro atoms. The second-order valence-electron chi connectivity index (χ2n) is 2.86. The highest BCUT2D eigenvalue weighted by Crippen LogP contribution is 2.23. The zero-order chi connectivity index (χ0) is 10.7. The van der Waals surface area contributed by atoms with Gasteiger partial charge in [0.25, 0.3) is 0 Å². The van der Waals surface area contributed by atoms with Crippen LogP contribution < -0.4 is 5.32 Å². The fraction of sp³-hybridized carbons (Fsp3) is 0.333. The minimum atomic E-state index is -1.08. The summed E-state index contributed by atoms with van der Waals surface area (Å²) in [5.74, 6) is -1.45. The van der Waals surface area contributed by atoms with Crippen LogP contribution in [0.1, 0.15) is 11.7 Å². The van der Waals surface area contributed by atoms with Crippen LogP contribution in [-0.4, -0.2) is 18.7 Å². The average Bonchev–Trinajstić information content (AvgIpc) is 2.11. The van der Waals surface area contributed by atoms with Gasteiger partial charge in [0.1, 0.15) is 11.6 Å². The third kappa shape index (κ3) is 2.41. The topological polar surface area (TPSA) is 32.3 Å². The Morgan fingerprint density at radius 1 is 1.43 bits per heavy atom. The lowest BCUT2D eigenvalue weighted by Crippen LogP contribution is -2.17. The van der Waals surface area contributed by atoms with E-state index in [-0.39, 0.29) is 17.1 Å². The fourth-order valence-electron chi connectivity index (χ4n) is 1.10. The minimum Gasteiger partial charge on any atom is -0.387 e. The van der Waals surface area contributed by atoms with Crippen molar-refractivity contribution in [3.05, 3.63) is 34.4 Å². The molecule has 0 aliphatic carbocycles. The smallest absolute Gasteiger partial charge is 0.142 e. The van der Waals surface area contributed by atoms with Gasteiger partial charge in [-0.25, -0.2) is 8.78 Å². The quantitative estimate of drug-likeness (QED) is 0.764. The van der Waals surface area contributed by atoms with Gasteiger partial charge < -0.3 is 10.4 Å². The van der Waals surface area contributed by atoms with Crippen molar-refractivity contribution in [1.29, 1.82) is 0 Å². The molecule has 1 rings (SSSR count). The summed E-state index contributed by atoms with van der Waals surface area (Å²) in [4.78, 5) is 0. The molecular weight excluding hydrogens is 212 g/mol. The molecule has 0 aliphatic rings. The Morgan fingerprint density at radius 2 is 2.07 bits per heavy atom. The highest BCUT2D eigenvalue weighted by molar-refractivity contribution is 6.30. The van der Waals surface area contributed by atoms with Gasteiger partial charge in [0.2, 0.25) is 0 Å². The van der Waals surface area contributed by atoms with Gasteiger partial charge >= 0.3 is 0 Å². The standard InChI is InChI=1S/C9H10ClF2NO/c1-13-4-9(14)5-2-8(12)6(10)3-7(5)11/h2-3,9,13-14H,4H2,1H3. The third-order valence-electron chi connectivity index (χ3n) is 1.80. The van der Waals surface area contributed by atoms with Crippen molar-refractivity contribution in [1.82, 2.24) is 5.32 Å². The number of hydrogen-bond acceptors (Lipinski definition) is 2. The maximum atomic E-state index is 13.2. The number of rotatable bonds is 3. The van der Waals surface area contributed by atoms with Crippen molar-refractivity contribution >= 4 is 11.6 Å². The van der Waals surface area contributed by atoms with E-state index in [1.165, 1.54) is 0 Å². The molecule has 1 aromatic rings. The molecule has 0 fully saturated rings. The molecule has 1 unspecified atom stereocenters. The van der Waals surface area contributed by atoms with Crippen LogP contribution in [0.15, 0.2) is 12.1 Å². The third-order valence-corrected chi connectivity index (χ3v) is 2.09. The summed E-state index contributed by atoms with van der Waals surface area (Å²) in [7, 11) is 1.60. The van der Waals surface area contributed by atoms with Crippen LogP contribution in [0, 0.1) is 11.6 Å². The maximum absolute atomic E-state index is 13.2. The van der Waals surface area contributed by atoms with Gasteiger partial charge in [-0.15, -0.1) is 0 Å². The molecule has 0 saturated carbocycles. The predicted molar refractivity (Wildman–Crippen MR) is 50.3 cm³/mol. The number of aliphatic hydroxyl groups is 1. The first kappa shape index (κ1) is 11.4.